The number of morpholine rings is 1. The van der Waals surface area contributed by atoms with Gasteiger partial charge in [-0.2, -0.15) is 0 Å². The fourth-order valence-electron chi connectivity index (χ4n) is 2.22. The van der Waals surface area contributed by atoms with Gasteiger partial charge < -0.3 is 9.47 Å². The van der Waals surface area contributed by atoms with Crippen LogP contribution in [-0.2, 0) is 14.3 Å². The summed E-state index contributed by atoms with van der Waals surface area (Å²) in [6, 6.07) is 0.0288. The van der Waals surface area contributed by atoms with E-state index < -0.39 is 0 Å². The van der Waals surface area contributed by atoms with Gasteiger partial charge in [-0.15, -0.1) is 0 Å². The summed E-state index contributed by atoms with van der Waals surface area (Å²) >= 11 is 0. The van der Waals surface area contributed by atoms with Crippen LogP contribution in [0.5, 0.6) is 0 Å². The molecule has 1 saturated heterocycles. The highest BCUT2D eigenvalue weighted by Crippen LogP contribution is 2.18. The summed E-state index contributed by atoms with van der Waals surface area (Å²) < 4.78 is 10.3. The summed E-state index contributed by atoms with van der Waals surface area (Å²) in [4.78, 5) is 13.6. The highest BCUT2D eigenvalue weighted by atomic mass is 16.5. The SMILES string of the molecule is CNC(NC)N1CCOC(C)C1CC(=O)OC. The topological polar surface area (TPSA) is 62.8 Å². The zero-order chi connectivity index (χ0) is 12.8. The molecular weight excluding hydrogens is 222 g/mol. The molecule has 1 aliphatic heterocycles. The maximum atomic E-state index is 11.4. The first kappa shape index (κ1) is 14.4. The number of rotatable bonds is 5. The van der Waals surface area contributed by atoms with Crippen molar-refractivity contribution in [3.63, 3.8) is 0 Å². The van der Waals surface area contributed by atoms with E-state index in [1.54, 1.807) is 0 Å². The van der Waals surface area contributed by atoms with Crippen LogP contribution in [0.2, 0.25) is 0 Å². The Morgan fingerprint density at radius 2 is 2.18 bits per heavy atom. The van der Waals surface area contributed by atoms with Crippen molar-refractivity contribution in [1.82, 2.24) is 15.5 Å². The fraction of sp³-hybridized carbons (Fsp3) is 0.909. The lowest BCUT2D eigenvalue weighted by Crippen LogP contribution is -2.62. The Morgan fingerprint density at radius 3 is 2.71 bits per heavy atom. The molecule has 6 nitrogen and oxygen atoms in total. The zero-order valence-electron chi connectivity index (χ0n) is 11.0. The molecule has 1 aliphatic rings. The van der Waals surface area contributed by atoms with Crippen molar-refractivity contribution in [3.8, 4) is 0 Å². The highest BCUT2D eigenvalue weighted by Gasteiger charge is 2.34. The predicted octanol–water partition coefficient (Wildman–Crippen LogP) is -0.639. The maximum absolute atomic E-state index is 11.4. The van der Waals surface area contributed by atoms with Crippen molar-refractivity contribution in [2.24, 2.45) is 0 Å². The molecule has 0 radical (unpaired) electrons. The molecule has 100 valence electrons. The lowest BCUT2D eigenvalue weighted by atomic mass is 10.1. The standard InChI is InChI=1S/C11H23N3O3/c1-8-9(7-10(15)16-4)14(5-6-17-8)11(12-2)13-3/h8-9,11-13H,5-7H2,1-4H3. The van der Waals surface area contributed by atoms with E-state index in [4.69, 9.17) is 9.47 Å². The third-order valence-corrected chi connectivity index (χ3v) is 3.18. The fourth-order valence-corrected chi connectivity index (χ4v) is 2.22. The predicted molar refractivity (Wildman–Crippen MR) is 64.4 cm³/mol. The molecule has 0 bridgehead atoms. The Labute approximate surface area is 103 Å². The minimum Gasteiger partial charge on any atom is -0.469 e. The highest BCUT2D eigenvalue weighted by molar-refractivity contribution is 5.70. The molecule has 1 heterocycles. The first-order chi connectivity index (χ1) is 8.13. The van der Waals surface area contributed by atoms with E-state index in [1.807, 2.05) is 21.0 Å². The van der Waals surface area contributed by atoms with Crippen LogP contribution in [0.15, 0.2) is 0 Å². The van der Waals surface area contributed by atoms with E-state index in [0.29, 0.717) is 13.0 Å². The number of carbonyl (C=O) groups excluding carboxylic acids is 1. The molecule has 0 aromatic heterocycles. The molecule has 1 rings (SSSR count). The Hall–Kier alpha value is -0.690. The zero-order valence-corrected chi connectivity index (χ0v) is 11.0. The van der Waals surface area contributed by atoms with Crippen molar-refractivity contribution < 1.29 is 14.3 Å². The maximum Gasteiger partial charge on any atom is 0.307 e. The van der Waals surface area contributed by atoms with Gasteiger partial charge in [-0.25, -0.2) is 0 Å². The van der Waals surface area contributed by atoms with Gasteiger partial charge in [-0.05, 0) is 21.0 Å². The lowest BCUT2D eigenvalue weighted by Gasteiger charge is -2.43. The minimum atomic E-state index is -0.205. The van der Waals surface area contributed by atoms with Crippen LogP contribution in [0.25, 0.3) is 0 Å². The number of hydrogen-bond acceptors (Lipinski definition) is 6. The molecule has 2 atom stereocenters. The number of carbonyl (C=O) groups is 1. The van der Waals surface area contributed by atoms with Gasteiger partial charge in [0.1, 0.15) is 6.29 Å². The van der Waals surface area contributed by atoms with Gasteiger partial charge in [-0.3, -0.25) is 20.3 Å². The van der Waals surface area contributed by atoms with Crippen LogP contribution in [0.3, 0.4) is 0 Å². The van der Waals surface area contributed by atoms with E-state index in [1.165, 1.54) is 7.11 Å². The van der Waals surface area contributed by atoms with Crippen molar-refractivity contribution in [2.75, 3.05) is 34.4 Å². The van der Waals surface area contributed by atoms with Gasteiger partial charge in [0, 0.05) is 12.6 Å². The van der Waals surface area contributed by atoms with Gasteiger partial charge >= 0.3 is 5.97 Å². The summed E-state index contributed by atoms with van der Waals surface area (Å²) in [6.07, 6.45) is 0.403. The quantitative estimate of drug-likeness (QED) is 0.496. The second kappa shape index (κ2) is 6.90. The van der Waals surface area contributed by atoms with Crippen LogP contribution < -0.4 is 10.6 Å². The summed E-state index contributed by atoms with van der Waals surface area (Å²) in [5.74, 6) is -0.205. The monoisotopic (exact) mass is 245 g/mol. The van der Waals surface area contributed by atoms with Crippen LogP contribution in [-0.4, -0.2) is 63.7 Å². The Balaban J connectivity index is 2.72. The van der Waals surface area contributed by atoms with E-state index in [-0.39, 0.29) is 24.4 Å². The van der Waals surface area contributed by atoms with Crippen molar-refractivity contribution in [3.05, 3.63) is 0 Å². The van der Waals surface area contributed by atoms with Crippen molar-refractivity contribution in [1.29, 1.82) is 0 Å². The molecular formula is C11H23N3O3. The number of nitrogens with one attached hydrogen (secondary N) is 2. The molecule has 0 saturated carbocycles. The van der Waals surface area contributed by atoms with Crippen molar-refractivity contribution in [2.45, 2.75) is 31.8 Å². The summed E-state index contributed by atoms with van der Waals surface area (Å²) in [5, 5.41) is 6.34. The molecule has 2 unspecified atom stereocenters. The number of hydrogen-bond donors (Lipinski definition) is 2. The van der Waals surface area contributed by atoms with Crippen LogP contribution in [0.1, 0.15) is 13.3 Å². The first-order valence-corrected chi connectivity index (χ1v) is 5.92. The molecule has 0 spiro atoms. The number of nitrogens with zero attached hydrogens (tertiary/aromatic N) is 1. The van der Waals surface area contributed by atoms with Gasteiger partial charge in [0.2, 0.25) is 0 Å². The molecule has 0 aromatic rings. The van der Waals surface area contributed by atoms with E-state index in [0.717, 1.165) is 6.54 Å². The van der Waals surface area contributed by atoms with E-state index in [2.05, 4.69) is 15.5 Å². The number of methoxy groups -OCH3 is 1. The van der Waals surface area contributed by atoms with Crippen molar-refractivity contribution >= 4 is 5.97 Å². The largest absolute Gasteiger partial charge is 0.469 e. The molecule has 2 N–H and O–H groups in total. The van der Waals surface area contributed by atoms with Crippen LogP contribution in [0.4, 0.5) is 0 Å². The molecule has 0 aliphatic carbocycles. The third kappa shape index (κ3) is 3.64. The molecule has 0 aromatic carbocycles. The molecule has 6 heteroatoms. The van der Waals surface area contributed by atoms with Gasteiger partial charge in [0.15, 0.2) is 0 Å². The summed E-state index contributed by atoms with van der Waals surface area (Å²) in [7, 11) is 5.18. The molecule has 17 heavy (non-hydrogen) atoms. The average molecular weight is 245 g/mol. The number of esters is 1. The second-order valence-electron chi connectivity index (χ2n) is 4.14. The lowest BCUT2D eigenvalue weighted by molar-refractivity contribution is -0.148. The minimum absolute atomic E-state index is 0.0204. The Kier molecular flexibility index (Phi) is 5.84. The van der Waals surface area contributed by atoms with Gasteiger partial charge in [-0.1, -0.05) is 0 Å². The smallest absolute Gasteiger partial charge is 0.307 e. The summed E-state index contributed by atoms with van der Waals surface area (Å²) in [5.41, 5.74) is 0. The molecule has 0 amide bonds. The number of ether oxygens (including phenoxy) is 2. The average Bonchev–Trinajstić information content (AvgIpc) is 2.34. The van der Waals surface area contributed by atoms with Crippen LogP contribution >= 0.6 is 0 Å². The normalized spacial score (nSPS) is 26.2. The molecule has 1 fully saturated rings. The van der Waals surface area contributed by atoms with Crippen LogP contribution in [0, 0.1) is 0 Å². The first-order valence-electron chi connectivity index (χ1n) is 5.92. The summed E-state index contributed by atoms with van der Waals surface area (Å²) in [6.45, 7) is 3.46. The Morgan fingerprint density at radius 1 is 1.53 bits per heavy atom. The van der Waals surface area contributed by atoms with Gasteiger partial charge in [0.25, 0.3) is 0 Å². The second-order valence-corrected chi connectivity index (χ2v) is 4.14. The Bertz CT molecular complexity index is 246. The van der Waals surface area contributed by atoms with E-state index >= 15 is 0 Å². The van der Waals surface area contributed by atoms with Gasteiger partial charge in [0.05, 0.1) is 26.2 Å². The third-order valence-electron chi connectivity index (χ3n) is 3.18. The van der Waals surface area contributed by atoms with E-state index in [9.17, 15) is 4.79 Å².